The van der Waals surface area contributed by atoms with Gasteiger partial charge in [0.15, 0.2) is 6.29 Å². The van der Waals surface area contributed by atoms with Crippen LogP contribution in [0, 0.1) is 38.7 Å². The van der Waals surface area contributed by atoms with Gasteiger partial charge in [-0.2, -0.15) is 4.91 Å². The maximum atomic E-state index is 13.7. The SMILES string of the molecule is C=C(NC1CC(NC(=O)OCc2ccc([N+](=O)[O-])cc2)[C@@H](C[C@H]2OC(CNCC)=CC[C@H]2NC(C)=O)C(O)[C@H]1OC1OC[C@@H](C)[C@H](C(C)C(=O)OC(C)(C)C)C1N=O)C(O)CNC(=O)OC(C)(C)C.CC.CO. The molecule has 8 N–H and O–H groups in total. The number of nitrogens with zero attached hydrogens (tertiary/aromatic N) is 2. The fourth-order valence-electron chi connectivity index (χ4n) is 8.80. The number of nitroso groups, excluding NO2 is 1. The molecular weight excluding hydrogens is 955 g/mol. The monoisotopic (exact) mass is 1040 g/mol. The summed E-state index contributed by atoms with van der Waals surface area (Å²) < 4.78 is 35.8. The first-order chi connectivity index (χ1) is 34.3. The van der Waals surface area contributed by atoms with Crippen molar-refractivity contribution in [3.05, 3.63) is 69.0 Å². The molecule has 0 spiro atoms. The van der Waals surface area contributed by atoms with Crippen LogP contribution in [0.3, 0.4) is 0 Å². The zero-order valence-corrected chi connectivity index (χ0v) is 44.8. The first-order valence-corrected chi connectivity index (χ1v) is 24.9. The zero-order chi connectivity index (χ0) is 55.4. The van der Waals surface area contributed by atoms with E-state index < -0.39 is 107 Å². The average Bonchev–Trinajstić information content (AvgIpc) is 3.32. The van der Waals surface area contributed by atoms with Crippen molar-refractivity contribution < 1.29 is 67.8 Å². The summed E-state index contributed by atoms with van der Waals surface area (Å²) in [5.74, 6) is -3.10. The van der Waals surface area contributed by atoms with Crippen LogP contribution >= 0.6 is 0 Å². The number of amides is 3. The molecule has 4 rings (SSSR count). The van der Waals surface area contributed by atoms with E-state index in [1.165, 1.54) is 31.2 Å². The zero-order valence-electron chi connectivity index (χ0n) is 44.8. The summed E-state index contributed by atoms with van der Waals surface area (Å²) in [5.41, 5.74) is -1.34. The maximum Gasteiger partial charge on any atom is 0.407 e. The summed E-state index contributed by atoms with van der Waals surface area (Å²) in [4.78, 5) is 75.7. The number of carbonyl (C=O) groups excluding carboxylic acids is 4. The molecule has 13 atom stereocenters. The van der Waals surface area contributed by atoms with Crippen molar-refractivity contribution in [3.8, 4) is 0 Å². The Balaban J connectivity index is 0.00000445. The van der Waals surface area contributed by atoms with Gasteiger partial charge < -0.3 is 70.3 Å². The number of hydrogen-bond donors (Lipinski definition) is 8. The smallest absolute Gasteiger partial charge is 0.407 e. The first kappa shape index (κ1) is 63.7. The molecule has 1 saturated heterocycles. The highest BCUT2D eigenvalue weighted by Crippen LogP contribution is 2.40. The number of ether oxygens (including phenoxy) is 6. The molecule has 0 bridgehead atoms. The van der Waals surface area contributed by atoms with Crippen LogP contribution in [0.15, 0.2) is 53.6 Å². The predicted octanol–water partition coefficient (Wildman–Crippen LogP) is 4.85. The molecule has 1 saturated carbocycles. The van der Waals surface area contributed by atoms with E-state index in [0.29, 0.717) is 30.8 Å². The van der Waals surface area contributed by atoms with Gasteiger partial charge in [-0.3, -0.25) is 19.7 Å². The van der Waals surface area contributed by atoms with Gasteiger partial charge in [-0.25, -0.2) is 9.59 Å². The van der Waals surface area contributed by atoms with Gasteiger partial charge in [-0.1, -0.05) is 46.4 Å². The van der Waals surface area contributed by atoms with Gasteiger partial charge in [0.05, 0.1) is 48.7 Å². The third-order valence-electron chi connectivity index (χ3n) is 12.0. The lowest BCUT2D eigenvalue weighted by molar-refractivity contribution is -0.384. The summed E-state index contributed by atoms with van der Waals surface area (Å²) in [7, 11) is 1.00. The number of nitro benzene ring substituents is 1. The van der Waals surface area contributed by atoms with Gasteiger partial charge in [-0.05, 0) is 97.0 Å². The Morgan fingerprint density at radius 3 is 2.16 bits per heavy atom. The molecule has 0 aromatic heterocycles. The Kier molecular flexibility index (Phi) is 26.2. The van der Waals surface area contributed by atoms with Crippen molar-refractivity contribution in [1.29, 1.82) is 0 Å². The Morgan fingerprint density at radius 1 is 0.973 bits per heavy atom. The second kappa shape index (κ2) is 30.0. The summed E-state index contributed by atoms with van der Waals surface area (Å²) >= 11 is 0. The Hall–Kier alpha value is -5.46. The number of hydrogen-bond acceptors (Lipinski definition) is 19. The minimum absolute atomic E-state index is 0.0194. The van der Waals surface area contributed by atoms with E-state index in [4.69, 9.17) is 33.5 Å². The van der Waals surface area contributed by atoms with E-state index in [1.807, 2.05) is 33.8 Å². The molecule has 7 unspecified atom stereocenters. The fourth-order valence-corrected chi connectivity index (χ4v) is 8.80. The Morgan fingerprint density at radius 2 is 1.60 bits per heavy atom. The molecule has 414 valence electrons. The van der Waals surface area contributed by atoms with E-state index in [2.05, 4.69) is 38.3 Å². The van der Waals surface area contributed by atoms with Crippen molar-refractivity contribution in [2.45, 2.75) is 175 Å². The quantitative estimate of drug-likeness (QED) is 0.0285. The number of non-ortho nitro benzene ring substituents is 1. The average molecular weight is 1040 g/mol. The Labute approximate surface area is 429 Å². The second-order valence-electron chi connectivity index (χ2n) is 20.0. The van der Waals surface area contributed by atoms with E-state index in [0.717, 1.165) is 7.11 Å². The first-order valence-electron chi connectivity index (χ1n) is 24.9. The van der Waals surface area contributed by atoms with Gasteiger partial charge in [0, 0.05) is 49.7 Å². The van der Waals surface area contributed by atoms with Crippen molar-refractivity contribution in [2.75, 3.05) is 33.4 Å². The predicted molar refractivity (Wildman–Crippen MR) is 270 cm³/mol. The summed E-state index contributed by atoms with van der Waals surface area (Å²) in [6.07, 6.45) is -5.90. The van der Waals surface area contributed by atoms with E-state index in [-0.39, 0.29) is 55.8 Å². The second-order valence-corrected chi connectivity index (χ2v) is 20.0. The fraction of sp³-hybridized carbons (Fsp3) is 0.720. The normalized spacial score (nSPS) is 26.6. The number of aliphatic hydroxyl groups is 3. The molecular formula is C50H83N7O16. The van der Waals surface area contributed by atoms with Crippen molar-refractivity contribution >= 4 is 29.8 Å². The topological polar surface area (TPSA) is 317 Å². The summed E-state index contributed by atoms with van der Waals surface area (Å²) in [5, 5.41) is 60.3. The number of aliphatic hydroxyl groups excluding tert-OH is 3. The number of esters is 1. The summed E-state index contributed by atoms with van der Waals surface area (Å²) in [6.45, 7) is 25.5. The van der Waals surface area contributed by atoms with Crippen LogP contribution in [0.2, 0.25) is 0 Å². The molecule has 0 radical (unpaired) electrons. The highest BCUT2D eigenvalue weighted by molar-refractivity contribution is 5.73. The van der Waals surface area contributed by atoms with Gasteiger partial charge in [0.25, 0.3) is 5.69 Å². The lowest BCUT2D eigenvalue weighted by atomic mass is 9.73. The van der Waals surface area contributed by atoms with E-state index in [1.54, 1.807) is 48.5 Å². The number of likely N-dealkylation sites (N-methyl/N-ethyl adjacent to an activating group) is 1. The molecule has 2 fully saturated rings. The standard InChI is InChI=1S/C47H73N7O15.C2H6.CH4O/c1-12-48-21-31-17-18-33(51-28(5)55)37(66-31)19-32-34(52-45(60)65-24-29-13-15-30(16-14-29)54(62)63)20-35(50-27(4)36(56)22-49-44(59)69-47(9,10)11)41(40(32)57)67-43-39(53-61)38(25(2)23-64-43)26(3)42(58)68-46(6,7)8;2*1-2/h13-17,25-26,32-41,43,48,50,56-57H,4,12,18-24H2,1-3,5-11H3,(H,49,59)(H,51,55)(H,52,60);1-2H3;2H,1H3/t25-,26?,32-,33-,34?,35?,36?,37-,38-,39?,40?,41+,43?;;/m1../s1. The number of carbonyl (C=O) groups is 4. The van der Waals surface area contributed by atoms with Crippen LogP contribution in [0.25, 0.3) is 0 Å². The lowest BCUT2D eigenvalue weighted by Crippen LogP contribution is -2.65. The van der Waals surface area contributed by atoms with Gasteiger partial charge in [-0.15, -0.1) is 0 Å². The van der Waals surface area contributed by atoms with Crippen LogP contribution in [0.1, 0.15) is 108 Å². The lowest BCUT2D eigenvalue weighted by Gasteiger charge is -2.49. The number of nitro groups is 1. The molecule has 1 aromatic rings. The Bertz CT molecular complexity index is 1980. The van der Waals surface area contributed by atoms with Gasteiger partial charge in [0.2, 0.25) is 5.91 Å². The minimum Gasteiger partial charge on any atom is -0.492 e. The minimum atomic E-state index is -1.54. The number of benzene rings is 1. The van der Waals surface area contributed by atoms with Crippen molar-refractivity contribution in [2.24, 2.45) is 28.8 Å². The molecule has 2 aliphatic heterocycles. The van der Waals surface area contributed by atoms with Crippen molar-refractivity contribution in [3.63, 3.8) is 0 Å². The van der Waals surface area contributed by atoms with Crippen LogP contribution in [0.4, 0.5) is 15.3 Å². The third kappa shape index (κ3) is 20.4. The van der Waals surface area contributed by atoms with E-state index in [9.17, 15) is 44.4 Å². The number of rotatable bonds is 20. The van der Waals surface area contributed by atoms with E-state index >= 15 is 0 Å². The highest BCUT2D eigenvalue weighted by Gasteiger charge is 2.52. The third-order valence-corrected chi connectivity index (χ3v) is 12.0. The van der Waals surface area contributed by atoms with Crippen LogP contribution < -0.4 is 26.6 Å². The molecule has 3 aliphatic rings. The highest BCUT2D eigenvalue weighted by atomic mass is 16.7. The van der Waals surface area contributed by atoms with Crippen LogP contribution in [0.5, 0.6) is 0 Å². The molecule has 1 aromatic carbocycles. The van der Waals surface area contributed by atoms with Crippen molar-refractivity contribution in [1.82, 2.24) is 26.6 Å². The molecule has 3 amide bonds. The van der Waals surface area contributed by atoms with Crippen LogP contribution in [-0.4, -0.2) is 144 Å². The summed E-state index contributed by atoms with van der Waals surface area (Å²) in [6, 6.07) is 1.64. The number of nitrogens with one attached hydrogen (secondary N) is 5. The van der Waals surface area contributed by atoms with Gasteiger partial charge >= 0.3 is 18.2 Å². The molecule has 1 aliphatic carbocycles. The number of alkyl carbamates (subject to hydrolysis) is 2. The molecule has 23 nitrogen and oxygen atoms in total. The molecule has 2 heterocycles. The molecule has 73 heavy (non-hydrogen) atoms. The van der Waals surface area contributed by atoms with Gasteiger partial charge in [0.1, 0.15) is 47.9 Å². The largest absolute Gasteiger partial charge is 0.492 e. The maximum absolute atomic E-state index is 13.7. The molecule has 23 heteroatoms. The van der Waals surface area contributed by atoms with Crippen LogP contribution in [-0.2, 0) is 44.6 Å².